The van der Waals surface area contributed by atoms with Crippen molar-refractivity contribution < 1.29 is 26.7 Å². The Labute approximate surface area is 107 Å². The van der Waals surface area contributed by atoms with Crippen molar-refractivity contribution >= 4 is 5.91 Å². The maximum absolute atomic E-state index is 12.8. The molecule has 2 fully saturated rings. The maximum Gasteiger partial charge on any atom is 0.463 e. The number of halogens is 5. The minimum atomic E-state index is -5.84. The quantitative estimate of drug-likeness (QED) is 0.787. The van der Waals surface area contributed by atoms with Gasteiger partial charge in [-0.15, -0.1) is 0 Å². The summed E-state index contributed by atoms with van der Waals surface area (Å²) in [6.07, 6.45) is -3.08. The standard InChI is InChI=1S/C11H15F5N2O/c12-10(13,11(14,15)16)9(19)17-7-3-5-18-4-1-2-8(18)6-7/h7-8H,1-6H2,(H,17,19). The molecule has 3 nitrogen and oxygen atoms in total. The fourth-order valence-corrected chi connectivity index (χ4v) is 2.76. The summed E-state index contributed by atoms with van der Waals surface area (Å²) in [5, 5.41) is 1.84. The number of nitrogens with one attached hydrogen (secondary N) is 1. The molecular formula is C11H15F5N2O. The maximum atomic E-state index is 12.8. The topological polar surface area (TPSA) is 32.3 Å². The Hall–Kier alpha value is -0.920. The average Bonchev–Trinajstić information content (AvgIpc) is 2.74. The van der Waals surface area contributed by atoms with Crippen molar-refractivity contribution in [3.63, 3.8) is 0 Å². The molecule has 2 saturated heterocycles. The molecule has 2 atom stereocenters. The molecule has 2 rings (SSSR count). The third-order valence-corrected chi connectivity index (χ3v) is 3.80. The lowest BCUT2D eigenvalue weighted by molar-refractivity contribution is -0.270. The van der Waals surface area contributed by atoms with Crippen molar-refractivity contribution in [2.75, 3.05) is 13.1 Å². The van der Waals surface area contributed by atoms with Gasteiger partial charge in [-0.1, -0.05) is 0 Å². The molecule has 0 spiro atoms. The molecule has 1 amide bonds. The molecule has 0 aromatic rings. The summed E-state index contributed by atoms with van der Waals surface area (Å²) in [4.78, 5) is 13.3. The van der Waals surface area contributed by atoms with Crippen molar-refractivity contribution in [2.24, 2.45) is 0 Å². The Morgan fingerprint density at radius 2 is 1.79 bits per heavy atom. The normalized spacial score (nSPS) is 29.1. The van der Waals surface area contributed by atoms with Gasteiger partial charge in [0.05, 0.1) is 0 Å². The lowest BCUT2D eigenvalue weighted by Gasteiger charge is -2.35. The molecule has 0 bridgehead atoms. The number of hydrogen-bond donors (Lipinski definition) is 1. The summed E-state index contributed by atoms with van der Waals surface area (Å²) >= 11 is 0. The largest absolute Gasteiger partial charge is 0.463 e. The van der Waals surface area contributed by atoms with Gasteiger partial charge in [0.1, 0.15) is 0 Å². The molecule has 8 heteroatoms. The molecule has 110 valence electrons. The first-order chi connectivity index (χ1) is 8.72. The minimum Gasteiger partial charge on any atom is -0.348 e. The number of rotatable bonds is 2. The zero-order valence-electron chi connectivity index (χ0n) is 10.1. The van der Waals surface area contributed by atoms with Crippen LogP contribution in [0.2, 0.25) is 0 Å². The van der Waals surface area contributed by atoms with Gasteiger partial charge in [0.2, 0.25) is 0 Å². The van der Waals surface area contributed by atoms with Gasteiger partial charge >= 0.3 is 18.0 Å². The molecule has 19 heavy (non-hydrogen) atoms. The molecule has 0 saturated carbocycles. The van der Waals surface area contributed by atoms with Gasteiger partial charge in [-0.3, -0.25) is 4.79 Å². The van der Waals surface area contributed by atoms with E-state index in [1.807, 2.05) is 5.32 Å². The van der Waals surface area contributed by atoms with Crippen LogP contribution in [0.3, 0.4) is 0 Å². The second-order valence-electron chi connectivity index (χ2n) is 5.10. The van der Waals surface area contributed by atoms with Crippen molar-refractivity contribution in [1.29, 1.82) is 0 Å². The smallest absolute Gasteiger partial charge is 0.348 e. The molecule has 0 aromatic heterocycles. The number of carbonyl (C=O) groups is 1. The fraction of sp³-hybridized carbons (Fsp3) is 0.909. The molecule has 2 aliphatic heterocycles. The van der Waals surface area contributed by atoms with Gasteiger partial charge in [0.15, 0.2) is 0 Å². The van der Waals surface area contributed by atoms with Crippen LogP contribution in [-0.4, -0.2) is 48.1 Å². The van der Waals surface area contributed by atoms with E-state index >= 15 is 0 Å². The molecular weight excluding hydrogens is 271 g/mol. The minimum absolute atomic E-state index is 0.193. The van der Waals surface area contributed by atoms with Gasteiger partial charge in [-0.2, -0.15) is 22.0 Å². The summed E-state index contributed by atoms with van der Waals surface area (Å²) in [6.45, 7) is 1.57. The van der Waals surface area contributed by atoms with Gasteiger partial charge < -0.3 is 10.2 Å². The molecule has 2 aliphatic rings. The summed E-state index contributed by atoms with van der Waals surface area (Å²) in [5.41, 5.74) is 0. The number of carbonyl (C=O) groups excluding carboxylic acids is 1. The van der Waals surface area contributed by atoms with E-state index in [1.165, 1.54) is 0 Å². The summed E-state index contributed by atoms with van der Waals surface area (Å²) < 4.78 is 61.7. The third kappa shape index (κ3) is 2.82. The zero-order valence-corrected chi connectivity index (χ0v) is 10.1. The van der Waals surface area contributed by atoms with Crippen molar-refractivity contribution in [3.05, 3.63) is 0 Å². The molecule has 2 unspecified atom stereocenters. The number of fused-ring (bicyclic) bond motifs is 1. The highest BCUT2D eigenvalue weighted by atomic mass is 19.4. The molecule has 0 aliphatic carbocycles. The summed E-state index contributed by atoms with van der Waals surface area (Å²) in [7, 11) is 0. The average molecular weight is 286 g/mol. The van der Waals surface area contributed by atoms with E-state index in [2.05, 4.69) is 4.90 Å². The van der Waals surface area contributed by atoms with Crippen LogP contribution in [0.1, 0.15) is 25.7 Å². The zero-order chi connectivity index (χ0) is 14.3. The van der Waals surface area contributed by atoms with Crippen LogP contribution in [0, 0.1) is 0 Å². The van der Waals surface area contributed by atoms with Crippen molar-refractivity contribution in [1.82, 2.24) is 10.2 Å². The summed E-state index contributed by atoms with van der Waals surface area (Å²) in [5.74, 6) is -7.56. The highest BCUT2D eigenvalue weighted by molar-refractivity contribution is 5.84. The van der Waals surface area contributed by atoms with E-state index in [0.29, 0.717) is 19.4 Å². The predicted molar refractivity (Wildman–Crippen MR) is 56.8 cm³/mol. The lowest BCUT2D eigenvalue weighted by atomic mass is 9.97. The molecule has 1 N–H and O–H groups in total. The Balaban J connectivity index is 1.93. The monoisotopic (exact) mass is 286 g/mol. The number of hydrogen-bond acceptors (Lipinski definition) is 2. The van der Waals surface area contributed by atoms with E-state index in [4.69, 9.17) is 0 Å². The van der Waals surface area contributed by atoms with Crippen LogP contribution in [0.5, 0.6) is 0 Å². The molecule has 0 radical (unpaired) electrons. The SMILES string of the molecule is O=C(NC1CCN2CCCC2C1)C(F)(F)C(F)(F)F. The van der Waals surface area contributed by atoms with E-state index < -0.39 is 24.0 Å². The van der Waals surface area contributed by atoms with E-state index in [9.17, 15) is 26.7 Å². The van der Waals surface area contributed by atoms with E-state index in [1.54, 1.807) is 0 Å². The van der Waals surface area contributed by atoms with Crippen LogP contribution in [0.25, 0.3) is 0 Å². The van der Waals surface area contributed by atoms with Gasteiger partial charge in [-0.05, 0) is 32.2 Å². The number of nitrogens with zero attached hydrogens (tertiary/aromatic N) is 1. The third-order valence-electron chi connectivity index (χ3n) is 3.80. The lowest BCUT2D eigenvalue weighted by Crippen LogP contribution is -2.55. The van der Waals surface area contributed by atoms with Crippen LogP contribution >= 0.6 is 0 Å². The first-order valence-electron chi connectivity index (χ1n) is 6.21. The second kappa shape index (κ2) is 4.88. The Morgan fingerprint density at radius 1 is 1.11 bits per heavy atom. The van der Waals surface area contributed by atoms with Crippen LogP contribution in [0.4, 0.5) is 22.0 Å². The number of alkyl halides is 5. The van der Waals surface area contributed by atoms with Crippen LogP contribution in [0.15, 0.2) is 0 Å². The van der Waals surface area contributed by atoms with E-state index in [0.717, 1.165) is 19.4 Å². The first kappa shape index (κ1) is 14.5. The predicted octanol–water partition coefficient (Wildman–Crippen LogP) is 1.93. The van der Waals surface area contributed by atoms with Gasteiger partial charge in [0, 0.05) is 18.6 Å². The number of piperidine rings is 1. The highest BCUT2D eigenvalue weighted by Crippen LogP contribution is 2.36. The molecule has 2 heterocycles. The summed E-state index contributed by atoms with van der Waals surface area (Å²) in [6, 6.07) is -0.404. The van der Waals surface area contributed by atoms with Gasteiger partial charge in [0.25, 0.3) is 0 Å². The first-order valence-corrected chi connectivity index (χ1v) is 6.21. The number of amides is 1. The van der Waals surface area contributed by atoms with Crippen LogP contribution < -0.4 is 5.32 Å². The highest BCUT2D eigenvalue weighted by Gasteiger charge is 2.63. The molecule has 0 aromatic carbocycles. The second-order valence-corrected chi connectivity index (χ2v) is 5.10. The fourth-order valence-electron chi connectivity index (χ4n) is 2.76. The Morgan fingerprint density at radius 3 is 2.42 bits per heavy atom. The van der Waals surface area contributed by atoms with Crippen molar-refractivity contribution in [2.45, 2.75) is 49.9 Å². The van der Waals surface area contributed by atoms with Gasteiger partial charge in [-0.25, -0.2) is 0 Å². The Bertz CT molecular complexity index is 357. The van der Waals surface area contributed by atoms with Crippen LogP contribution in [-0.2, 0) is 4.79 Å². The Kier molecular flexibility index (Phi) is 3.72. The van der Waals surface area contributed by atoms with E-state index in [-0.39, 0.29) is 6.04 Å². The van der Waals surface area contributed by atoms with Crippen molar-refractivity contribution in [3.8, 4) is 0 Å².